The number of amides is 4. The van der Waals surface area contributed by atoms with Gasteiger partial charge in [-0.3, -0.25) is 48.8 Å². The first-order chi connectivity index (χ1) is 33.1. The summed E-state index contributed by atoms with van der Waals surface area (Å²) in [6.07, 6.45) is 12.8. The standard InChI is InChI=1S/C50H57N7O11/c58-35(30-68-43-7-1-5-36-47(43)50(64)57(49(36)63)40-15-17-46(61)56-48(40)62)4-2-20-65-22-24-67-25-23-66-21-3-6-41(59)32-10-8-31(9-11-32)26-42(60)37-29-52-45(27-39(37)53-34-13-14-34)55-44-16-12-33-28-51-19-18-38(33)54-44/h1,5,7,12,16,18-19,27-29,31-32,34,40H,2-4,6,8-11,13-15,17,20-26,30H2,(H,56,61,62)(H2,52,53,54,55). The summed E-state index contributed by atoms with van der Waals surface area (Å²) in [4.78, 5) is 104. The van der Waals surface area contributed by atoms with Crippen molar-refractivity contribution in [3.05, 3.63) is 77.7 Å². The highest BCUT2D eigenvalue weighted by Crippen LogP contribution is 2.36. The van der Waals surface area contributed by atoms with Gasteiger partial charge in [-0.25, -0.2) is 9.97 Å². The van der Waals surface area contributed by atoms with Crippen molar-refractivity contribution < 1.29 is 52.5 Å². The van der Waals surface area contributed by atoms with E-state index in [0.717, 1.165) is 60.0 Å². The molecule has 3 aromatic heterocycles. The van der Waals surface area contributed by atoms with Crippen LogP contribution in [0.1, 0.15) is 115 Å². The number of aromatic nitrogens is 3. The lowest BCUT2D eigenvalue weighted by Gasteiger charge is -2.27. The molecule has 3 N–H and O–H groups in total. The number of hydrogen-bond acceptors (Lipinski definition) is 16. The van der Waals surface area contributed by atoms with Gasteiger partial charge in [0, 0.05) is 80.9 Å². The fraction of sp³-hybridized carbons (Fsp3) is 0.480. The van der Waals surface area contributed by atoms with E-state index < -0.39 is 29.7 Å². The lowest BCUT2D eigenvalue weighted by molar-refractivity contribution is -0.136. The monoisotopic (exact) mass is 931 g/mol. The molecule has 1 atom stereocenters. The van der Waals surface area contributed by atoms with Crippen LogP contribution in [0.15, 0.2) is 61.1 Å². The van der Waals surface area contributed by atoms with Gasteiger partial charge in [0.2, 0.25) is 11.8 Å². The van der Waals surface area contributed by atoms with Crippen LogP contribution in [0.2, 0.25) is 0 Å². The van der Waals surface area contributed by atoms with Crippen LogP contribution in [0, 0.1) is 11.8 Å². The third kappa shape index (κ3) is 12.5. The summed E-state index contributed by atoms with van der Waals surface area (Å²) in [6, 6.07) is 11.3. The molecule has 358 valence electrons. The van der Waals surface area contributed by atoms with Crippen molar-refractivity contribution in [3.8, 4) is 5.75 Å². The van der Waals surface area contributed by atoms with Crippen molar-refractivity contribution in [1.82, 2.24) is 25.2 Å². The predicted octanol–water partition coefficient (Wildman–Crippen LogP) is 5.95. The topological polar surface area (TPSA) is 234 Å². The Kier molecular flexibility index (Phi) is 16.2. The smallest absolute Gasteiger partial charge is 0.266 e. The van der Waals surface area contributed by atoms with Gasteiger partial charge in [0.1, 0.15) is 35.8 Å². The molecule has 3 fully saturated rings. The van der Waals surface area contributed by atoms with Crippen molar-refractivity contribution in [2.75, 3.05) is 56.9 Å². The van der Waals surface area contributed by atoms with Crippen LogP contribution < -0.4 is 20.7 Å². The van der Waals surface area contributed by atoms with Gasteiger partial charge in [-0.05, 0) is 94.0 Å². The second-order valence-electron chi connectivity index (χ2n) is 17.7. The lowest BCUT2D eigenvalue weighted by atomic mass is 9.77. The molecule has 2 aliphatic carbocycles. The molecule has 2 aliphatic heterocycles. The highest BCUT2D eigenvalue weighted by Gasteiger charge is 2.46. The molecular weight excluding hydrogens is 875 g/mol. The number of rotatable bonds is 26. The van der Waals surface area contributed by atoms with Crippen molar-refractivity contribution in [2.45, 2.75) is 95.6 Å². The minimum Gasteiger partial charge on any atom is -0.485 e. The van der Waals surface area contributed by atoms with E-state index in [4.69, 9.17) is 18.9 Å². The summed E-state index contributed by atoms with van der Waals surface area (Å²) < 4.78 is 22.5. The van der Waals surface area contributed by atoms with E-state index in [1.54, 1.807) is 18.6 Å². The zero-order valence-electron chi connectivity index (χ0n) is 38.0. The zero-order chi connectivity index (χ0) is 47.4. The fourth-order valence-corrected chi connectivity index (χ4v) is 8.84. The molecule has 8 rings (SSSR count). The third-order valence-electron chi connectivity index (χ3n) is 12.7. The number of hydrogen-bond donors (Lipinski definition) is 3. The number of piperidine rings is 1. The minimum atomic E-state index is -1.10. The highest BCUT2D eigenvalue weighted by atomic mass is 16.5. The molecule has 2 saturated carbocycles. The number of ether oxygens (including phenoxy) is 4. The molecule has 5 heterocycles. The molecule has 1 aromatic carbocycles. The second kappa shape index (κ2) is 23.0. The number of benzene rings is 1. The minimum absolute atomic E-state index is 0.00702. The van der Waals surface area contributed by atoms with Crippen molar-refractivity contribution in [1.29, 1.82) is 0 Å². The number of pyridine rings is 3. The Morgan fingerprint density at radius 1 is 0.779 bits per heavy atom. The average Bonchev–Trinajstić information content (AvgIpc) is 4.12. The Bertz CT molecular complexity index is 2520. The van der Waals surface area contributed by atoms with Crippen LogP contribution in [0.25, 0.3) is 10.9 Å². The van der Waals surface area contributed by atoms with E-state index in [9.17, 15) is 33.6 Å². The largest absolute Gasteiger partial charge is 0.485 e. The Morgan fingerprint density at radius 2 is 1.53 bits per heavy atom. The third-order valence-corrected chi connectivity index (χ3v) is 12.7. The number of imide groups is 2. The quantitative estimate of drug-likeness (QED) is 0.0375. The lowest BCUT2D eigenvalue weighted by Crippen LogP contribution is -2.54. The molecule has 4 aliphatic rings. The van der Waals surface area contributed by atoms with Crippen LogP contribution in [0.4, 0.5) is 17.3 Å². The van der Waals surface area contributed by atoms with Gasteiger partial charge >= 0.3 is 0 Å². The first-order valence-electron chi connectivity index (χ1n) is 23.6. The van der Waals surface area contributed by atoms with E-state index in [1.807, 2.05) is 24.3 Å². The van der Waals surface area contributed by atoms with Gasteiger partial charge in [-0.15, -0.1) is 0 Å². The van der Waals surface area contributed by atoms with Crippen LogP contribution >= 0.6 is 0 Å². The first-order valence-corrected chi connectivity index (χ1v) is 23.6. The molecule has 18 heteroatoms. The number of anilines is 3. The SMILES string of the molecule is O=C(CCCOCCOCCOCCCC(=O)C1CCC(CC(=O)c2cnc(Nc3ccc4cnccc4n3)cc2NC2CC2)CC1)COc1cccc2c1C(=O)N(C1CCC(=O)NC1=O)C2=O. The van der Waals surface area contributed by atoms with E-state index in [2.05, 4.69) is 30.9 Å². The van der Waals surface area contributed by atoms with Crippen LogP contribution in [-0.4, -0.2) is 119 Å². The second-order valence-corrected chi connectivity index (χ2v) is 17.7. The maximum atomic E-state index is 13.6. The highest BCUT2D eigenvalue weighted by molar-refractivity contribution is 6.24. The number of fused-ring (bicyclic) bond motifs is 2. The van der Waals surface area contributed by atoms with Crippen molar-refractivity contribution in [3.63, 3.8) is 0 Å². The maximum Gasteiger partial charge on any atom is 0.266 e. The van der Waals surface area contributed by atoms with Crippen LogP contribution in [0.3, 0.4) is 0 Å². The molecular formula is C50H57N7O11. The van der Waals surface area contributed by atoms with Crippen LogP contribution in [-0.2, 0) is 33.4 Å². The van der Waals surface area contributed by atoms with Crippen molar-refractivity contribution >= 4 is 69.2 Å². The summed E-state index contributed by atoms with van der Waals surface area (Å²) in [5, 5.41) is 9.91. The maximum absolute atomic E-state index is 13.6. The van der Waals surface area contributed by atoms with Gasteiger partial charge in [-0.1, -0.05) is 6.07 Å². The predicted molar refractivity (Wildman–Crippen MR) is 248 cm³/mol. The Labute approximate surface area is 393 Å². The summed E-state index contributed by atoms with van der Waals surface area (Å²) >= 11 is 0. The summed E-state index contributed by atoms with van der Waals surface area (Å²) in [7, 11) is 0. The molecule has 1 saturated heterocycles. The summed E-state index contributed by atoms with van der Waals surface area (Å²) in [6.45, 7) is 1.97. The molecule has 0 radical (unpaired) electrons. The first kappa shape index (κ1) is 48.0. The zero-order valence-corrected chi connectivity index (χ0v) is 38.0. The van der Waals surface area contributed by atoms with Gasteiger partial charge in [0.25, 0.3) is 11.8 Å². The van der Waals surface area contributed by atoms with Gasteiger partial charge < -0.3 is 29.6 Å². The number of carbonyl (C=O) groups is 7. The van der Waals surface area contributed by atoms with Gasteiger partial charge in [0.15, 0.2) is 11.6 Å². The van der Waals surface area contributed by atoms with Gasteiger partial charge in [0.05, 0.1) is 54.3 Å². The summed E-state index contributed by atoms with van der Waals surface area (Å²) in [5.41, 5.74) is 2.29. The number of carbonyl (C=O) groups excluding carboxylic acids is 7. The molecule has 0 spiro atoms. The van der Waals surface area contributed by atoms with E-state index in [0.29, 0.717) is 88.6 Å². The van der Waals surface area contributed by atoms with Crippen molar-refractivity contribution in [2.24, 2.45) is 11.8 Å². The van der Waals surface area contributed by atoms with E-state index in [-0.39, 0.29) is 71.9 Å². The van der Waals surface area contributed by atoms with E-state index in [1.165, 1.54) is 18.2 Å². The molecule has 4 amide bonds. The average molecular weight is 932 g/mol. The molecule has 0 bridgehead atoms. The molecule has 68 heavy (non-hydrogen) atoms. The number of nitrogens with zero attached hydrogens (tertiary/aromatic N) is 4. The number of Topliss-reactive ketones (excluding diaryl/α,β-unsaturated/α-hetero) is 3. The summed E-state index contributed by atoms with van der Waals surface area (Å²) in [5.74, 6) is -0.805. The van der Waals surface area contributed by atoms with E-state index >= 15 is 0 Å². The molecule has 18 nitrogen and oxygen atoms in total. The molecule has 1 unspecified atom stereocenters. The molecule has 4 aromatic rings. The number of nitrogens with one attached hydrogen (secondary N) is 3. The fourth-order valence-electron chi connectivity index (χ4n) is 8.84. The Balaban J connectivity index is 0.637. The normalized spacial score (nSPS) is 19.2. The Morgan fingerprint density at radius 3 is 2.28 bits per heavy atom. The van der Waals surface area contributed by atoms with Gasteiger partial charge in [-0.2, -0.15) is 0 Å². The van der Waals surface area contributed by atoms with Crippen LogP contribution in [0.5, 0.6) is 5.75 Å². The number of ketones is 3. The Hall–Kier alpha value is -6.50.